The van der Waals surface area contributed by atoms with Crippen LogP contribution >= 0.6 is 0 Å². The summed E-state index contributed by atoms with van der Waals surface area (Å²) < 4.78 is 0. The first kappa shape index (κ1) is 8.13. The molecule has 52 valence electrons. The van der Waals surface area contributed by atoms with E-state index in [1.54, 1.807) is 6.08 Å². The molecule has 0 saturated carbocycles. The van der Waals surface area contributed by atoms with E-state index in [9.17, 15) is 4.79 Å². The van der Waals surface area contributed by atoms with Crippen LogP contribution in [0.1, 0.15) is 0 Å². The van der Waals surface area contributed by atoms with Gasteiger partial charge in [0.1, 0.15) is 6.61 Å². The van der Waals surface area contributed by atoms with E-state index in [0.29, 0.717) is 6.54 Å². The third kappa shape index (κ3) is 7.13. The van der Waals surface area contributed by atoms with Crippen LogP contribution in [0, 0.1) is 0 Å². The van der Waals surface area contributed by atoms with Crippen molar-refractivity contribution in [2.75, 3.05) is 13.2 Å². The van der Waals surface area contributed by atoms with Crippen LogP contribution in [0.2, 0.25) is 0 Å². The summed E-state index contributed by atoms with van der Waals surface area (Å²) in [5.41, 5.74) is 7.19. The third-order valence-corrected chi connectivity index (χ3v) is 0.544. The predicted octanol–water partition coefficient (Wildman–Crippen LogP) is -0.821. The van der Waals surface area contributed by atoms with Crippen LogP contribution in [0.25, 0.3) is 0 Å². The Balaban J connectivity index is 2.91. The van der Waals surface area contributed by atoms with Crippen molar-refractivity contribution < 1.29 is 9.63 Å². The lowest BCUT2D eigenvalue weighted by Gasteiger charge is -1.97. The van der Waals surface area contributed by atoms with Gasteiger partial charge in [-0.3, -0.25) is 9.63 Å². The molecule has 3 N–H and O–H groups in total. The molecule has 0 heterocycles. The van der Waals surface area contributed by atoms with E-state index < -0.39 is 5.91 Å². The van der Waals surface area contributed by atoms with Gasteiger partial charge in [-0.25, -0.2) is 0 Å². The first-order valence-corrected chi connectivity index (χ1v) is 2.51. The largest absolute Gasteiger partial charge is 0.368 e. The van der Waals surface area contributed by atoms with Gasteiger partial charge in [-0.05, 0) is 0 Å². The van der Waals surface area contributed by atoms with Crippen molar-refractivity contribution >= 4 is 5.91 Å². The van der Waals surface area contributed by atoms with Crippen molar-refractivity contribution in [2.45, 2.75) is 0 Å². The van der Waals surface area contributed by atoms with Gasteiger partial charge in [0.15, 0.2) is 0 Å². The van der Waals surface area contributed by atoms with Crippen molar-refractivity contribution in [1.82, 2.24) is 5.48 Å². The van der Waals surface area contributed by atoms with Gasteiger partial charge in [-0.1, -0.05) is 6.08 Å². The normalized spacial score (nSPS) is 8.89. The van der Waals surface area contributed by atoms with Gasteiger partial charge in [0.2, 0.25) is 5.91 Å². The standard InChI is InChI=1S/C5H10N2O2/c1-2-3-7-9-4-5(6)8/h2,7H,1,3-4H2,(H2,6,8). The zero-order chi connectivity index (χ0) is 7.11. The summed E-state index contributed by atoms with van der Waals surface area (Å²) in [7, 11) is 0. The van der Waals surface area contributed by atoms with E-state index in [1.807, 2.05) is 0 Å². The fourth-order valence-corrected chi connectivity index (χ4v) is 0.240. The van der Waals surface area contributed by atoms with E-state index in [4.69, 9.17) is 5.73 Å². The molecule has 0 atom stereocenters. The van der Waals surface area contributed by atoms with Crippen LogP contribution < -0.4 is 11.2 Å². The van der Waals surface area contributed by atoms with Crippen molar-refractivity contribution in [3.05, 3.63) is 12.7 Å². The summed E-state index contributed by atoms with van der Waals surface area (Å²) in [6.45, 7) is 3.82. The van der Waals surface area contributed by atoms with Crippen molar-refractivity contribution in [3.63, 3.8) is 0 Å². The second-order valence-corrected chi connectivity index (χ2v) is 1.39. The lowest BCUT2D eigenvalue weighted by molar-refractivity contribution is -0.124. The number of hydroxylamine groups is 1. The van der Waals surface area contributed by atoms with Gasteiger partial charge in [-0.15, -0.1) is 6.58 Å². The first-order chi connectivity index (χ1) is 4.27. The molecule has 9 heavy (non-hydrogen) atoms. The molecule has 0 aliphatic rings. The summed E-state index contributed by atoms with van der Waals surface area (Å²) in [6, 6.07) is 0. The second-order valence-electron chi connectivity index (χ2n) is 1.39. The molecule has 0 unspecified atom stereocenters. The van der Waals surface area contributed by atoms with Gasteiger partial charge in [-0.2, -0.15) is 5.48 Å². The van der Waals surface area contributed by atoms with E-state index >= 15 is 0 Å². The summed E-state index contributed by atoms with van der Waals surface area (Å²) in [6.07, 6.45) is 1.61. The van der Waals surface area contributed by atoms with Gasteiger partial charge < -0.3 is 5.73 Å². The van der Waals surface area contributed by atoms with Crippen LogP contribution in [0.15, 0.2) is 12.7 Å². The Bertz CT molecular complexity index is 103. The number of hydrogen-bond acceptors (Lipinski definition) is 3. The number of primary amides is 1. The number of nitrogens with one attached hydrogen (secondary N) is 1. The molecule has 0 spiro atoms. The van der Waals surface area contributed by atoms with Crippen LogP contribution in [-0.2, 0) is 9.63 Å². The summed E-state index contributed by atoms with van der Waals surface area (Å²) in [4.78, 5) is 14.5. The number of nitrogens with two attached hydrogens (primary N) is 1. The van der Waals surface area contributed by atoms with Gasteiger partial charge >= 0.3 is 0 Å². The minimum Gasteiger partial charge on any atom is -0.368 e. The highest BCUT2D eigenvalue weighted by molar-refractivity contribution is 5.74. The quantitative estimate of drug-likeness (QED) is 0.290. The molecule has 0 aromatic rings. The molecule has 0 rings (SSSR count). The van der Waals surface area contributed by atoms with Crippen LogP contribution in [0.5, 0.6) is 0 Å². The van der Waals surface area contributed by atoms with Crippen LogP contribution in [0.4, 0.5) is 0 Å². The van der Waals surface area contributed by atoms with Gasteiger partial charge in [0, 0.05) is 6.54 Å². The minimum atomic E-state index is -0.494. The maximum Gasteiger partial charge on any atom is 0.245 e. The molecule has 0 aliphatic carbocycles. The minimum absolute atomic E-state index is 0.103. The first-order valence-electron chi connectivity index (χ1n) is 2.51. The number of carbonyl (C=O) groups excluding carboxylic acids is 1. The molecule has 0 aliphatic heterocycles. The second kappa shape index (κ2) is 5.27. The highest BCUT2D eigenvalue weighted by Gasteiger charge is 1.89. The third-order valence-electron chi connectivity index (χ3n) is 0.544. The van der Waals surface area contributed by atoms with E-state index in [2.05, 4.69) is 16.9 Å². The van der Waals surface area contributed by atoms with Crippen molar-refractivity contribution in [1.29, 1.82) is 0 Å². The summed E-state index contributed by atoms with van der Waals surface area (Å²) in [5, 5.41) is 0. The zero-order valence-electron chi connectivity index (χ0n) is 5.09. The molecule has 1 amide bonds. The molecule has 0 aromatic heterocycles. The van der Waals surface area contributed by atoms with Gasteiger partial charge in [0.05, 0.1) is 0 Å². The molecule has 0 saturated heterocycles. The lowest BCUT2D eigenvalue weighted by atomic mass is 10.7. The van der Waals surface area contributed by atoms with Crippen molar-refractivity contribution in [2.24, 2.45) is 5.73 Å². The van der Waals surface area contributed by atoms with Crippen molar-refractivity contribution in [3.8, 4) is 0 Å². The molecule has 4 nitrogen and oxygen atoms in total. The van der Waals surface area contributed by atoms with Gasteiger partial charge in [0.25, 0.3) is 0 Å². The fourth-order valence-electron chi connectivity index (χ4n) is 0.240. The molecule has 0 fully saturated rings. The maximum absolute atomic E-state index is 9.99. The molecule has 0 aromatic carbocycles. The Hall–Kier alpha value is -0.870. The molecular weight excluding hydrogens is 120 g/mol. The summed E-state index contributed by atoms with van der Waals surface area (Å²) in [5.74, 6) is -0.494. The predicted molar refractivity (Wildman–Crippen MR) is 33.3 cm³/mol. The lowest BCUT2D eigenvalue weighted by Crippen LogP contribution is -2.24. The van der Waals surface area contributed by atoms with Crippen LogP contribution in [-0.4, -0.2) is 19.1 Å². The van der Waals surface area contributed by atoms with Crippen LogP contribution in [0.3, 0.4) is 0 Å². The Kier molecular flexibility index (Phi) is 4.76. The average Bonchev–Trinajstić information content (AvgIpc) is 1.80. The number of carbonyl (C=O) groups is 1. The number of hydrogen-bond donors (Lipinski definition) is 2. The Morgan fingerprint density at radius 3 is 3.00 bits per heavy atom. The Labute approximate surface area is 53.6 Å². The monoisotopic (exact) mass is 130 g/mol. The van der Waals surface area contributed by atoms with E-state index in [1.165, 1.54) is 0 Å². The SMILES string of the molecule is C=CCNOCC(N)=O. The highest BCUT2D eigenvalue weighted by atomic mass is 16.6. The highest BCUT2D eigenvalue weighted by Crippen LogP contribution is 1.64. The number of rotatable bonds is 5. The van der Waals surface area contributed by atoms with E-state index in [-0.39, 0.29) is 6.61 Å². The average molecular weight is 130 g/mol. The zero-order valence-corrected chi connectivity index (χ0v) is 5.09. The topological polar surface area (TPSA) is 64.3 Å². The molecule has 4 heteroatoms. The van der Waals surface area contributed by atoms with E-state index in [0.717, 1.165) is 0 Å². The smallest absolute Gasteiger partial charge is 0.245 e. The molecule has 0 radical (unpaired) electrons. The number of amides is 1. The molecule has 0 bridgehead atoms. The fraction of sp³-hybridized carbons (Fsp3) is 0.400. The molecular formula is C5H10N2O2. The Morgan fingerprint density at radius 1 is 1.89 bits per heavy atom. The maximum atomic E-state index is 9.99. The Morgan fingerprint density at radius 2 is 2.56 bits per heavy atom. The summed E-state index contributed by atoms with van der Waals surface area (Å²) >= 11 is 0.